The summed E-state index contributed by atoms with van der Waals surface area (Å²) in [5, 5.41) is 8.34. The van der Waals surface area contributed by atoms with E-state index in [0.717, 1.165) is 17.5 Å². The fraction of sp³-hybridized carbons (Fsp3) is 0.118. The second-order valence-electron chi connectivity index (χ2n) is 4.48. The van der Waals surface area contributed by atoms with Crippen molar-refractivity contribution in [2.24, 2.45) is 16.0 Å². The standard InChI is InChI=1S/C14H14N2.C3H5NO/c1-11-3-7-13(8-4-11)15-16-14-9-5-12(2)6-10-14;1-2-3(4)5/h3-10H,1-2H3;2H,1H2,(H2,4,5)/b16-15+;. The Balaban J connectivity index is 0.000000383. The van der Waals surface area contributed by atoms with Crippen LogP contribution in [-0.4, -0.2) is 5.91 Å². The first kappa shape index (κ1) is 16.3. The van der Waals surface area contributed by atoms with Gasteiger partial charge in [-0.05, 0) is 44.2 Å². The predicted molar refractivity (Wildman–Crippen MR) is 85.9 cm³/mol. The Morgan fingerprint density at radius 1 is 0.905 bits per heavy atom. The van der Waals surface area contributed by atoms with Crippen molar-refractivity contribution in [2.75, 3.05) is 0 Å². The van der Waals surface area contributed by atoms with Gasteiger partial charge in [-0.2, -0.15) is 10.2 Å². The number of nitrogens with zero attached hydrogens (tertiary/aromatic N) is 2. The van der Waals surface area contributed by atoms with E-state index >= 15 is 0 Å². The summed E-state index contributed by atoms with van der Waals surface area (Å²) < 4.78 is 0. The predicted octanol–water partition coefficient (Wildman–Crippen LogP) is 4.38. The van der Waals surface area contributed by atoms with Gasteiger partial charge >= 0.3 is 0 Å². The maximum Gasteiger partial charge on any atom is 0.240 e. The van der Waals surface area contributed by atoms with Crippen molar-refractivity contribution in [3.63, 3.8) is 0 Å². The molecule has 2 N–H and O–H groups in total. The van der Waals surface area contributed by atoms with Crippen LogP contribution in [0.25, 0.3) is 0 Å². The van der Waals surface area contributed by atoms with E-state index in [4.69, 9.17) is 0 Å². The van der Waals surface area contributed by atoms with Gasteiger partial charge in [0.05, 0.1) is 11.4 Å². The third kappa shape index (κ3) is 6.82. The highest BCUT2D eigenvalue weighted by Gasteiger charge is 1.90. The summed E-state index contributed by atoms with van der Waals surface area (Å²) >= 11 is 0. The summed E-state index contributed by atoms with van der Waals surface area (Å²) in [4.78, 5) is 9.47. The van der Waals surface area contributed by atoms with Gasteiger partial charge in [-0.3, -0.25) is 4.79 Å². The molecule has 4 nitrogen and oxygen atoms in total. The minimum atomic E-state index is -0.481. The number of amides is 1. The van der Waals surface area contributed by atoms with Gasteiger partial charge in [-0.25, -0.2) is 0 Å². The lowest BCUT2D eigenvalue weighted by molar-refractivity contribution is -0.113. The second kappa shape index (κ2) is 8.43. The average molecular weight is 281 g/mol. The van der Waals surface area contributed by atoms with Crippen LogP contribution in [0, 0.1) is 13.8 Å². The fourth-order valence-electron chi connectivity index (χ4n) is 1.34. The molecule has 21 heavy (non-hydrogen) atoms. The molecule has 2 aromatic rings. The second-order valence-corrected chi connectivity index (χ2v) is 4.48. The number of carbonyl (C=O) groups is 1. The summed E-state index contributed by atoms with van der Waals surface area (Å²) in [5.41, 5.74) is 8.76. The van der Waals surface area contributed by atoms with Gasteiger partial charge < -0.3 is 5.73 Å². The number of carbonyl (C=O) groups excluding carboxylic acids is 1. The first-order valence-corrected chi connectivity index (χ1v) is 6.48. The van der Waals surface area contributed by atoms with Crippen molar-refractivity contribution in [3.05, 3.63) is 72.3 Å². The lowest BCUT2D eigenvalue weighted by Gasteiger charge is -1.95. The first-order valence-electron chi connectivity index (χ1n) is 6.48. The van der Waals surface area contributed by atoms with Gasteiger partial charge in [0.15, 0.2) is 0 Å². The monoisotopic (exact) mass is 281 g/mol. The number of nitrogens with two attached hydrogens (primary N) is 1. The van der Waals surface area contributed by atoms with Gasteiger partial charge in [0.1, 0.15) is 0 Å². The molecule has 0 spiro atoms. The van der Waals surface area contributed by atoms with E-state index in [1.807, 2.05) is 48.5 Å². The van der Waals surface area contributed by atoms with E-state index in [2.05, 4.69) is 36.4 Å². The molecule has 0 saturated carbocycles. The Bertz CT molecular complexity index is 566. The molecule has 0 aromatic heterocycles. The molecule has 0 aliphatic heterocycles. The topological polar surface area (TPSA) is 67.8 Å². The molecule has 4 heteroatoms. The van der Waals surface area contributed by atoms with Crippen molar-refractivity contribution in [3.8, 4) is 0 Å². The van der Waals surface area contributed by atoms with Gasteiger partial charge in [-0.15, -0.1) is 0 Å². The fourth-order valence-corrected chi connectivity index (χ4v) is 1.34. The molecule has 0 saturated heterocycles. The number of benzene rings is 2. The molecular weight excluding hydrogens is 262 g/mol. The van der Waals surface area contributed by atoms with Crippen molar-refractivity contribution in [2.45, 2.75) is 13.8 Å². The van der Waals surface area contributed by atoms with Crippen molar-refractivity contribution in [1.29, 1.82) is 0 Å². The van der Waals surface area contributed by atoms with Crippen molar-refractivity contribution in [1.82, 2.24) is 0 Å². The number of hydrogen-bond acceptors (Lipinski definition) is 3. The Morgan fingerprint density at radius 3 is 1.43 bits per heavy atom. The van der Waals surface area contributed by atoms with Crippen molar-refractivity contribution < 1.29 is 4.79 Å². The van der Waals surface area contributed by atoms with E-state index in [9.17, 15) is 4.79 Å². The highest BCUT2D eigenvalue weighted by atomic mass is 16.1. The van der Waals surface area contributed by atoms with Gasteiger partial charge in [0.25, 0.3) is 0 Å². The summed E-state index contributed by atoms with van der Waals surface area (Å²) in [7, 11) is 0. The highest BCUT2D eigenvalue weighted by molar-refractivity contribution is 5.84. The van der Waals surface area contributed by atoms with E-state index < -0.39 is 5.91 Å². The highest BCUT2D eigenvalue weighted by Crippen LogP contribution is 2.18. The number of azo groups is 1. The third-order valence-corrected chi connectivity index (χ3v) is 2.55. The lowest BCUT2D eigenvalue weighted by Crippen LogP contribution is -2.04. The maximum absolute atomic E-state index is 9.47. The first-order chi connectivity index (χ1) is 10.0. The molecule has 0 atom stereocenters. The molecule has 0 heterocycles. The molecule has 0 fully saturated rings. The minimum absolute atomic E-state index is 0.481. The Kier molecular flexibility index (Phi) is 6.54. The van der Waals surface area contributed by atoms with Gasteiger partial charge in [0.2, 0.25) is 5.91 Å². The van der Waals surface area contributed by atoms with Crippen LogP contribution in [0.15, 0.2) is 71.4 Å². The molecule has 0 aliphatic rings. The largest absolute Gasteiger partial charge is 0.366 e. The smallest absolute Gasteiger partial charge is 0.240 e. The molecule has 0 bridgehead atoms. The summed E-state index contributed by atoms with van der Waals surface area (Å²) in [5.74, 6) is -0.481. The molecule has 2 rings (SSSR count). The van der Waals surface area contributed by atoms with Crippen molar-refractivity contribution >= 4 is 17.3 Å². The van der Waals surface area contributed by atoms with E-state index in [0.29, 0.717) is 0 Å². The molecule has 1 amide bonds. The van der Waals surface area contributed by atoms with E-state index in [1.165, 1.54) is 11.1 Å². The minimum Gasteiger partial charge on any atom is -0.366 e. The molecule has 2 aromatic carbocycles. The molecule has 0 radical (unpaired) electrons. The van der Waals surface area contributed by atoms with E-state index in [-0.39, 0.29) is 0 Å². The van der Waals surface area contributed by atoms with Crippen LogP contribution in [0.1, 0.15) is 11.1 Å². The maximum atomic E-state index is 9.47. The van der Waals surface area contributed by atoms with Crippen LogP contribution in [0.5, 0.6) is 0 Å². The average Bonchev–Trinajstić information content (AvgIpc) is 2.49. The SMILES string of the molecule is C=CC(N)=O.Cc1ccc(/N=N/c2ccc(C)cc2)cc1. The number of aryl methyl sites for hydroxylation is 2. The van der Waals surface area contributed by atoms with Gasteiger partial charge in [-0.1, -0.05) is 42.0 Å². The third-order valence-electron chi connectivity index (χ3n) is 2.55. The molecule has 108 valence electrons. The molecular formula is C17H19N3O. The summed E-state index contributed by atoms with van der Waals surface area (Å²) in [6.45, 7) is 7.20. The number of hydrogen-bond donors (Lipinski definition) is 1. The quantitative estimate of drug-likeness (QED) is 0.658. The van der Waals surface area contributed by atoms with Crippen LogP contribution in [0.3, 0.4) is 0 Å². The van der Waals surface area contributed by atoms with Crippen LogP contribution >= 0.6 is 0 Å². The summed E-state index contributed by atoms with van der Waals surface area (Å²) in [6, 6.07) is 16.0. The summed E-state index contributed by atoms with van der Waals surface area (Å²) in [6.07, 6.45) is 1.06. The van der Waals surface area contributed by atoms with Crippen LogP contribution in [0.4, 0.5) is 11.4 Å². The Labute approximate surface area is 125 Å². The molecule has 0 unspecified atom stereocenters. The lowest BCUT2D eigenvalue weighted by atomic mass is 10.2. The van der Waals surface area contributed by atoms with Crippen LogP contribution < -0.4 is 5.73 Å². The Hall–Kier alpha value is -2.75. The zero-order chi connectivity index (χ0) is 15.7. The number of rotatable bonds is 3. The van der Waals surface area contributed by atoms with Crippen LogP contribution in [0.2, 0.25) is 0 Å². The van der Waals surface area contributed by atoms with E-state index in [1.54, 1.807) is 0 Å². The zero-order valence-electron chi connectivity index (χ0n) is 12.3. The zero-order valence-corrected chi connectivity index (χ0v) is 12.3. The van der Waals surface area contributed by atoms with Crippen LogP contribution in [-0.2, 0) is 4.79 Å². The number of primary amides is 1. The molecule has 0 aliphatic carbocycles. The normalized spacial score (nSPS) is 9.81. The van der Waals surface area contributed by atoms with Gasteiger partial charge in [0, 0.05) is 0 Å². The Morgan fingerprint density at radius 2 is 1.19 bits per heavy atom.